The van der Waals surface area contributed by atoms with E-state index in [9.17, 15) is 29.1 Å². The number of nitrogens with two attached hydrogens (primary N) is 1. The van der Waals surface area contributed by atoms with Gasteiger partial charge in [-0.05, 0) is 49.9 Å². The Kier molecular flexibility index (Phi) is 10.9. The number of carbonyl (C=O) groups excluding carboxylic acids is 5. The molecule has 6 atom stereocenters. The van der Waals surface area contributed by atoms with E-state index in [0.29, 0.717) is 18.7 Å². The number of benzene rings is 2. The van der Waals surface area contributed by atoms with E-state index >= 15 is 0 Å². The van der Waals surface area contributed by atoms with E-state index in [1.165, 1.54) is 18.7 Å². The van der Waals surface area contributed by atoms with Crippen molar-refractivity contribution in [3.05, 3.63) is 65.7 Å². The van der Waals surface area contributed by atoms with Gasteiger partial charge in [-0.2, -0.15) is 0 Å². The average Bonchev–Trinajstić information content (AvgIpc) is 3.40. The maximum Gasteiger partial charge on any atom is 0.258 e. The fourth-order valence-electron chi connectivity index (χ4n) is 5.25. The monoisotopic (exact) mass is 608 g/mol. The van der Waals surface area contributed by atoms with Gasteiger partial charge in [0.15, 0.2) is 6.61 Å². The Morgan fingerprint density at radius 1 is 0.955 bits per heavy atom. The van der Waals surface area contributed by atoms with Gasteiger partial charge in [-0.25, -0.2) is 0 Å². The highest BCUT2D eigenvalue weighted by atomic mass is 16.5. The summed E-state index contributed by atoms with van der Waals surface area (Å²) in [6, 6.07) is 11.2. The summed E-state index contributed by atoms with van der Waals surface area (Å²) in [6.45, 7) is 2.83. The van der Waals surface area contributed by atoms with Crippen LogP contribution in [0.2, 0.25) is 0 Å². The molecule has 1 fully saturated rings. The van der Waals surface area contributed by atoms with Gasteiger partial charge >= 0.3 is 0 Å². The van der Waals surface area contributed by atoms with Crippen molar-refractivity contribution in [2.75, 3.05) is 19.7 Å². The lowest BCUT2D eigenvalue weighted by Gasteiger charge is -2.30. The van der Waals surface area contributed by atoms with Gasteiger partial charge in [0, 0.05) is 25.6 Å². The number of aliphatic hydroxyl groups excluding tert-OH is 1. The summed E-state index contributed by atoms with van der Waals surface area (Å²) in [7, 11) is 0. The maximum absolute atomic E-state index is 13.9. The molecule has 13 nitrogen and oxygen atoms in total. The molecule has 7 N–H and O–H groups in total. The summed E-state index contributed by atoms with van der Waals surface area (Å²) in [5.74, 6) is -2.49. The first-order valence-corrected chi connectivity index (χ1v) is 14.7. The third-order valence-electron chi connectivity index (χ3n) is 7.66. The summed E-state index contributed by atoms with van der Waals surface area (Å²) in [4.78, 5) is 67.4. The lowest BCUT2D eigenvalue weighted by molar-refractivity contribution is -0.143. The predicted octanol–water partition coefficient (Wildman–Crippen LogP) is -1.24. The van der Waals surface area contributed by atoms with Crippen LogP contribution in [-0.2, 0) is 36.8 Å². The predicted molar refractivity (Wildman–Crippen MR) is 160 cm³/mol. The van der Waals surface area contributed by atoms with Crippen LogP contribution in [0.15, 0.2) is 54.6 Å². The third kappa shape index (κ3) is 8.54. The van der Waals surface area contributed by atoms with E-state index in [1.807, 2.05) is 42.5 Å². The lowest BCUT2D eigenvalue weighted by atomic mass is 10.0. The fraction of sp³-hybridized carbons (Fsp3) is 0.452. The summed E-state index contributed by atoms with van der Waals surface area (Å²) in [5.41, 5.74) is 7.88. The molecule has 5 amide bonds. The fourth-order valence-corrected chi connectivity index (χ4v) is 5.25. The van der Waals surface area contributed by atoms with Crippen LogP contribution < -0.4 is 31.7 Å². The minimum Gasteiger partial charge on any atom is -0.484 e. The minimum absolute atomic E-state index is 0.0453. The number of fused-ring (bicyclic) bond motifs is 16. The van der Waals surface area contributed by atoms with E-state index in [0.717, 1.165) is 11.1 Å². The molecule has 0 aromatic heterocycles. The molecule has 2 aromatic rings. The standard InChI is InChI=1S/C31H40N6O7/c1-18-28(40)33-13-12-20-8-10-23(11-9-20)44-17-26(39)35-24(14-21-6-4-3-5-7-21)31(43)37-16-22(32)15-25(37)29(41)36-27(19(2)38)30(42)34-18/h3-11,18-19,22,24-25,27,38H,12-17,32H2,1-2H3,(H,33,40)(H,34,42)(H,35,39)(H,36,41)/t18-,19+,22-,24-,25-,27-/m0/s1. The molecule has 3 aliphatic heterocycles. The number of ether oxygens (including phenoxy) is 1. The second-order valence-corrected chi connectivity index (χ2v) is 11.2. The second-order valence-electron chi connectivity index (χ2n) is 11.2. The summed E-state index contributed by atoms with van der Waals surface area (Å²) in [6.07, 6.45) is -0.552. The van der Waals surface area contributed by atoms with Crippen LogP contribution in [-0.4, -0.2) is 95.6 Å². The van der Waals surface area contributed by atoms with Crippen molar-refractivity contribution in [2.45, 2.75) is 69.4 Å². The van der Waals surface area contributed by atoms with Crippen molar-refractivity contribution >= 4 is 29.5 Å². The minimum atomic E-state index is -1.40. The molecule has 0 unspecified atom stereocenters. The molecule has 0 aliphatic carbocycles. The number of aliphatic hydroxyl groups is 1. The molecule has 1 saturated heterocycles. The molecule has 44 heavy (non-hydrogen) atoms. The Morgan fingerprint density at radius 3 is 2.34 bits per heavy atom. The zero-order valence-electron chi connectivity index (χ0n) is 24.8. The third-order valence-corrected chi connectivity index (χ3v) is 7.66. The normalized spacial score (nSPS) is 26.6. The van der Waals surface area contributed by atoms with Crippen LogP contribution in [0.3, 0.4) is 0 Å². The Balaban J connectivity index is 1.62. The molecular weight excluding hydrogens is 568 g/mol. The van der Waals surface area contributed by atoms with Gasteiger partial charge in [-0.1, -0.05) is 42.5 Å². The number of nitrogens with one attached hydrogen (secondary N) is 4. The van der Waals surface area contributed by atoms with Gasteiger partial charge < -0.3 is 41.7 Å². The molecule has 0 saturated carbocycles. The zero-order valence-corrected chi connectivity index (χ0v) is 24.8. The highest BCUT2D eigenvalue weighted by Gasteiger charge is 2.42. The topological polar surface area (TPSA) is 192 Å². The van der Waals surface area contributed by atoms with Crippen LogP contribution in [0, 0.1) is 0 Å². The van der Waals surface area contributed by atoms with E-state index in [-0.39, 0.29) is 26.0 Å². The Hall–Kier alpha value is -4.49. The number of rotatable bonds is 3. The highest BCUT2D eigenvalue weighted by molar-refractivity contribution is 5.96. The molecule has 13 heteroatoms. The van der Waals surface area contributed by atoms with E-state index in [4.69, 9.17) is 10.5 Å². The molecule has 236 valence electrons. The first-order valence-electron chi connectivity index (χ1n) is 14.7. The van der Waals surface area contributed by atoms with Crippen molar-refractivity contribution in [3.63, 3.8) is 0 Å². The molecule has 5 rings (SSSR count). The number of carbonyl (C=O) groups is 5. The first kappa shape index (κ1) is 32.4. The van der Waals surface area contributed by atoms with Crippen LogP contribution in [0.25, 0.3) is 0 Å². The van der Waals surface area contributed by atoms with E-state index in [1.54, 1.807) is 12.1 Å². The van der Waals surface area contributed by atoms with Crippen LogP contribution >= 0.6 is 0 Å². The number of hydrogen-bond acceptors (Lipinski definition) is 8. The summed E-state index contributed by atoms with van der Waals surface area (Å²) < 4.78 is 5.66. The number of amides is 5. The molecule has 3 heterocycles. The first-order chi connectivity index (χ1) is 21.0. The Morgan fingerprint density at radius 2 is 1.66 bits per heavy atom. The van der Waals surface area contributed by atoms with Gasteiger partial charge in [0.05, 0.1) is 6.10 Å². The van der Waals surface area contributed by atoms with E-state index in [2.05, 4.69) is 21.3 Å². The van der Waals surface area contributed by atoms with Gasteiger partial charge in [0.2, 0.25) is 23.6 Å². The Labute approximate surface area is 255 Å². The quantitative estimate of drug-likeness (QED) is 0.233. The van der Waals surface area contributed by atoms with Crippen molar-refractivity contribution < 1.29 is 33.8 Å². The molecule has 2 aromatic carbocycles. The summed E-state index contributed by atoms with van der Waals surface area (Å²) >= 11 is 0. The van der Waals surface area contributed by atoms with Crippen LogP contribution in [0.1, 0.15) is 31.4 Å². The van der Waals surface area contributed by atoms with Gasteiger partial charge in [0.25, 0.3) is 5.91 Å². The smallest absolute Gasteiger partial charge is 0.258 e. The van der Waals surface area contributed by atoms with E-state index < -0.39 is 65.8 Å². The van der Waals surface area contributed by atoms with Gasteiger partial charge in [-0.3, -0.25) is 24.0 Å². The van der Waals surface area contributed by atoms with Crippen molar-refractivity contribution in [1.82, 2.24) is 26.2 Å². The SMILES string of the molecule is C[C@@H]1NC(=O)[C@H]([C@@H](C)O)NC(=O)[C@@H]2C[C@H](N)CN2C(=O)[C@H](Cc2ccccc2)NC(=O)COc2ccc(cc2)CCNC1=O. The molecule has 0 radical (unpaired) electrons. The number of nitrogens with zero attached hydrogens (tertiary/aromatic N) is 1. The molecule has 0 spiro atoms. The Bertz CT molecular complexity index is 1340. The summed E-state index contributed by atoms with van der Waals surface area (Å²) in [5, 5.41) is 20.9. The second kappa shape index (κ2) is 14.8. The van der Waals surface area contributed by atoms with Crippen molar-refractivity contribution in [2.24, 2.45) is 5.73 Å². The highest BCUT2D eigenvalue weighted by Crippen LogP contribution is 2.20. The largest absolute Gasteiger partial charge is 0.484 e. The van der Waals surface area contributed by atoms with Gasteiger partial charge in [-0.15, -0.1) is 0 Å². The van der Waals surface area contributed by atoms with Crippen LogP contribution in [0.5, 0.6) is 5.75 Å². The molecule has 3 aliphatic rings. The molecular formula is C31H40N6O7. The van der Waals surface area contributed by atoms with Gasteiger partial charge in [0.1, 0.15) is 29.9 Å². The van der Waals surface area contributed by atoms with Crippen molar-refractivity contribution in [1.29, 1.82) is 0 Å². The number of hydrogen-bond donors (Lipinski definition) is 6. The van der Waals surface area contributed by atoms with Crippen LogP contribution in [0.4, 0.5) is 0 Å². The van der Waals surface area contributed by atoms with Crippen molar-refractivity contribution in [3.8, 4) is 5.75 Å². The zero-order chi connectivity index (χ0) is 31.8. The average molecular weight is 609 g/mol. The molecule has 2 bridgehead atoms. The maximum atomic E-state index is 13.9. The lowest BCUT2D eigenvalue weighted by Crippen LogP contribution is -2.60.